The summed E-state index contributed by atoms with van der Waals surface area (Å²) in [6.07, 6.45) is 7.64. The summed E-state index contributed by atoms with van der Waals surface area (Å²) in [4.78, 5) is 4.41. The number of halogens is 1. The molecular weight excluding hydrogens is 491 g/mol. The van der Waals surface area contributed by atoms with Crippen molar-refractivity contribution in [3.63, 3.8) is 0 Å². The second-order valence-electron chi connectivity index (χ2n) is 6.62. The first-order valence-corrected chi connectivity index (χ1v) is 11.2. The molecule has 0 unspecified atom stereocenters. The molecule has 0 heterocycles. The highest BCUT2D eigenvalue weighted by Crippen LogP contribution is 2.20. The topological polar surface area (TPSA) is 91.8 Å². The van der Waals surface area contributed by atoms with E-state index in [1.54, 1.807) is 37.4 Å². The van der Waals surface area contributed by atoms with Crippen molar-refractivity contribution < 1.29 is 13.2 Å². The Morgan fingerprint density at radius 1 is 1.07 bits per heavy atom. The zero-order chi connectivity index (χ0) is 19.4. The maximum absolute atomic E-state index is 12.1. The van der Waals surface area contributed by atoms with E-state index in [1.165, 1.54) is 32.1 Å². The van der Waals surface area contributed by atoms with Crippen molar-refractivity contribution in [2.24, 2.45) is 4.99 Å². The highest BCUT2D eigenvalue weighted by molar-refractivity contribution is 14.0. The molecule has 9 heteroatoms. The molecule has 7 nitrogen and oxygen atoms in total. The number of benzene rings is 1. The van der Waals surface area contributed by atoms with Crippen LogP contribution < -0.4 is 15.4 Å². The highest BCUT2D eigenvalue weighted by atomic mass is 127. The van der Waals surface area contributed by atoms with Crippen molar-refractivity contribution in [2.75, 3.05) is 33.3 Å². The molecule has 1 fully saturated rings. The van der Waals surface area contributed by atoms with Crippen LogP contribution in [0.3, 0.4) is 0 Å². The van der Waals surface area contributed by atoms with Crippen molar-refractivity contribution in [2.45, 2.75) is 49.5 Å². The van der Waals surface area contributed by atoms with E-state index in [0.717, 1.165) is 19.6 Å². The Morgan fingerprint density at radius 2 is 1.75 bits per heavy atom. The normalized spacial score (nSPS) is 15.7. The molecule has 1 aromatic rings. The minimum atomic E-state index is -3.47. The van der Waals surface area contributed by atoms with Gasteiger partial charge in [0.05, 0.1) is 11.0 Å². The SMILES string of the molecule is CN=C(NCCCOC1CCCCC1)NCCNS(=O)(=O)c1ccccc1.I. The Bertz CT molecular complexity index is 665. The second kappa shape index (κ2) is 14.1. The van der Waals surface area contributed by atoms with Gasteiger partial charge in [-0.3, -0.25) is 4.99 Å². The third-order valence-corrected chi connectivity index (χ3v) is 5.98. The summed E-state index contributed by atoms with van der Waals surface area (Å²) in [5, 5.41) is 6.32. The number of hydrogen-bond donors (Lipinski definition) is 3. The molecule has 1 aromatic carbocycles. The van der Waals surface area contributed by atoms with Gasteiger partial charge < -0.3 is 15.4 Å². The Kier molecular flexibility index (Phi) is 12.7. The number of nitrogens with one attached hydrogen (secondary N) is 3. The molecule has 0 radical (unpaired) electrons. The van der Waals surface area contributed by atoms with E-state index in [9.17, 15) is 8.42 Å². The van der Waals surface area contributed by atoms with Crippen molar-refractivity contribution in [1.82, 2.24) is 15.4 Å². The van der Waals surface area contributed by atoms with Crippen LogP contribution in [0.15, 0.2) is 40.2 Å². The van der Waals surface area contributed by atoms with E-state index in [-0.39, 0.29) is 35.4 Å². The lowest BCUT2D eigenvalue weighted by atomic mass is 9.98. The van der Waals surface area contributed by atoms with Gasteiger partial charge in [0.15, 0.2) is 5.96 Å². The van der Waals surface area contributed by atoms with Crippen LogP contribution in [0, 0.1) is 0 Å². The number of guanidine groups is 1. The maximum Gasteiger partial charge on any atom is 0.240 e. The Balaban J connectivity index is 0.00000392. The minimum Gasteiger partial charge on any atom is -0.378 e. The average molecular weight is 524 g/mol. The monoisotopic (exact) mass is 524 g/mol. The van der Waals surface area contributed by atoms with E-state index in [2.05, 4.69) is 20.3 Å². The van der Waals surface area contributed by atoms with E-state index >= 15 is 0 Å². The number of ether oxygens (including phenoxy) is 1. The summed E-state index contributed by atoms with van der Waals surface area (Å²) >= 11 is 0. The molecule has 0 bridgehead atoms. The van der Waals surface area contributed by atoms with E-state index < -0.39 is 10.0 Å². The van der Waals surface area contributed by atoms with Gasteiger partial charge in [0.25, 0.3) is 0 Å². The molecule has 0 saturated heterocycles. The second-order valence-corrected chi connectivity index (χ2v) is 8.39. The minimum absolute atomic E-state index is 0. The molecule has 1 saturated carbocycles. The van der Waals surface area contributed by atoms with Crippen LogP contribution in [0.25, 0.3) is 0 Å². The van der Waals surface area contributed by atoms with Gasteiger partial charge in [0, 0.05) is 33.3 Å². The number of aliphatic imine (C=N–C) groups is 1. The summed E-state index contributed by atoms with van der Waals surface area (Å²) in [7, 11) is -1.77. The lowest BCUT2D eigenvalue weighted by molar-refractivity contribution is 0.0277. The van der Waals surface area contributed by atoms with Gasteiger partial charge in [-0.25, -0.2) is 13.1 Å². The lowest BCUT2D eigenvalue weighted by Crippen LogP contribution is -2.42. The molecular formula is C19H33IN4O3S. The Hall–Kier alpha value is -0.910. The molecule has 0 amide bonds. The molecule has 0 spiro atoms. The first-order chi connectivity index (χ1) is 13.1. The fourth-order valence-corrected chi connectivity index (χ4v) is 4.08. The molecule has 3 N–H and O–H groups in total. The lowest BCUT2D eigenvalue weighted by Gasteiger charge is -2.22. The van der Waals surface area contributed by atoms with Crippen LogP contribution in [0.4, 0.5) is 0 Å². The van der Waals surface area contributed by atoms with E-state index in [0.29, 0.717) is 18.6 Å². The van der Waals surface area contributed by atoms with E-state index in [1.807, 2.05) is 0 Å². The third-order valence-electron chi connectivity index (χ3n) is 4.51. The summed E-state index contributed by atoms with van der Waals surface area (Å²) < 4.78 is 32.7. The average Bonchev–Trinajstić information content (AvgIpc) is 2.70. The van der Waals surface area contributed by atoms with Crippen LogP contribution in [0.2, 0.25) is 0 Å². The molecule has 0 aliphatic heterocycles. The van der Waals surface area contributed by atoms with Crippen molar-refractivity contribution in [3.05, 3.63) is 30.3 Å². The quantitative estimate of drug-likeness (QED) is 0.189. The van der Waals surface area contributed by atoms with Crippen molar-refractivity contribution >= 4 is 40.0 Å². The predicted molar refractivity (Wildman–Crippen MR) is 124 cm³/mol. The van der Waals surface area contributed by atoms with Gasteiger partial charge in [-0.1, -0.05) is 37.5 Å². The van der Waals surface area contributed by atoms with Crippen molar-refractivity contribution in [1.29, 1.82) is 0 Å². The summed E-state index contributed by atoms with van der Waals surface area (Å²) in [6.45, 7) is 2.25. The molecule has 1 aliphatic rings. The smallest absolute Gasteiger partial charge is 0.240 e. The van der Waals surface area contributed by atoms with Gasteiger partial charge >= 0.3 is 0 Å². The fraction of sp³-hybridized carbons (Fsp3) is 0.632. The summed E-state index contributed by atoms with van der Waals surface area (Å²) in [5.74, 6) is 0.659. The van der Waals surface area contributed by atoms with Gasteiger partial charge in [0.1, 0.15) is 0 Å². The van der Waals surface area contributed by atoms with Crippen LogP contribution in [-0.2, 0) is 14.8 Å². The van der Waals surface area contributed by atoms with Crippen LogP contribution in [0.5, 0.6) is 0 Å². The number of rotatable bonds is 10. The van der Waals surface area contributed by atoms with Crippen molar-refractivity contribution in [3.8, 4) is 0 Å². The summed E-state index contributed by atoms with van der Waals surface area (Å²) in [5.41, 5.74) is 0. The van der Waals surface area contributed by atoms with Gasteiger partial charge in [-0.15, -0.1) is 24.0 Å². The van der Waals surface area contributed by atoms with Crippen LogP contribution in [0.1, 0.15) is 38.5 Å². The number of sulfonamides is 1. The molecule has 2 rings (SSSR count). The maximum atomic E-state index is 12.1. The zero-order valence-corrected chi connectivity index (χ0v) is 19.7. The molecule has 28 heavy (non-hydrogen) atoms. The van der Waals surface area contributed by atoms with Gasteiger partial charge in [-0.05, 0) is 31.4 Å². The highest BCUT2D eigenvalue weighted by Gasteiger charge is 2.13. The van der Waals surface area contributed by atoms with Gasteiger partial charge in [0.2, 0.25) is 10.0 Å². The number of nitrogens with zero attached hydrogens (tertiary/aromatic N) is 1. The summed E-state index contributed by atoms with van der Waals surface area (Å²) in [6, 6.07) is 8.35. The Labute approximate surface area is 186 Å². The predicted octanol–water partition coefficient (Wildman–Crippen LogP) is 2.49. The molecule has 0 atom stereocenters. The Morgan fingerprint density at radius 3 is 2.43 bits per heavy atom. The molecule has 0 aromatic heterocycles. The standard InChI is InChI=1S/C19H32N4O3S.HI/c1-20-19(21-13-8-16-26-17-9-4-2-5-10-17)22-14-15-23-27(24,25)18-11-6-3-7-12-18;/h3,6-7,11-12,17,23H,2,4-5,8-10,13-16H2,1H3,(H2,20,21,22);1H. The molecule has 160 valence electrons. The first-order valence-electron chi connectivity index (χ1n) is 9.72. The largest absolute Gasteiger partial charge is 0.378 e. The van der Waals surface area contributed by atoms with Crippen LogP contribution >= 0.6 is 24.0 Å². The third kappa shape index (κ3) is 9.53. The zero-order valence-electron chi connectivity index (χ0n) is 16.5. The number of hydrogen-bond acceptors (Lipinski definition) is 4. The van der Waals surface area contributed by atoms with Crippen LogP contribution in [-0.4, -0.2) is 53.8 Å². The first kappa shape index (κ1) is 25.1. The fourth-order valence-electron chi connectivity index (χ4n) is 3.03. The van der Waals surface area contributed by atoms with Gasteiger partial charge in [-0.2, -0.15) is 0 Å². The molecule has 1 aliphatic carbocycles. The van der Waals surface area contributed by atoms with E-state index in [4.69, 9.17) is 4.74 Å².